The van der Waals surface area contributed by atoms with Crippen molar-refractivity contribution < 1.29 is 19.7 Å². The molecule has 0 spiro atoms. The fourth-order valence-electron chi connectivity index (χ4n) is 1.74. The van der Waals surface area contributed by atoms with E-state index in [9.17, 15) is 15.0 Å². The summed E-state index contributed by atoms with van der Waals surface area (Å²) in [7, 11) is 0. The van der Waals surface area contributed by atoms with Gasteiger partial charge in [0.15, 0.2) is 0 Å². The quantitative estimate of drug-likeness (QED) is 0.536. The van der Waals surface area contributed by atoms with Crippen molar-refractivity contribution in [2.75, 3.05) is 12.3 Å². The van der Waals surface area contributed by atoms with Gasteiger partial charge in [-0.05, 0) is 37.1 Å². The van der Waals surface area contributed by atoms with E-state index < -0.39 is 18.2 Å². The number of carbonyl (C=O) groups is 1. The van der Waals surface area contributed by atoms with E-state index in [1.807, 2.05) is 0 Å². The Kier molecular flexibility index (Phi) is 5.12. The smallest absolute Gasteiger partial charge is 0.308 e. The first-order valence-corrected chi connectivity index (χ1v) is 5.83. The van der Waals surface area contributed by atoms with E-state index >= 15 is 0 Å². The molecule has 0 heterocycles. The normalized spacial score (nSPS) is 14.0. The lowest BCUT2D eigenvalue weighted by molar-refractivity contribution is -0.147. The van der Waals surface area contributed by atoms with E-state index in [-0.39, 0.29) is 13.0 Å². The zero-order chi connectivity index (χ0) is 13.7. The molecule has 4 N–H and O–H groups in total. The fourth-order valence-corrected chi connectivity index (χ4v) is 1.74. The van der Waals surface area contributed by atoms with Crippen molar-refractivity contribution in [2.45, 2.75) is 32.5 Å². The number of nitrogens with two attached hydrogens (primary N) is 1. The molecule has 0 fully saturated rings. The van der Waals surface area contributed by atoms with E-state index in [1.165, 1.54) is 0 Å². The molecule has 2 unspecified atom stereocenters. The number of aliphatic hydroxyl groups excluding tert-OH is 2. The van der Waals surface area contributed by atoms with Gasteiger partial charge in [-0.15, -0.1) is 0 Å². The first-order chi connectivity index (χ1) is 8.45. The minimum atomic E-state index is -1.19. The lowest BCUT2D eigenvalue weighted by atomic mass is 9.97. The average molecular weight is 253 g/mol. The second kappa shape index (κ2) is 6.37. The summed E-state index contributed by atoms with van der Waals surface area (Å²) in [5.74, 6) is -0.530. The number of hydrogen-bond donors (Lipinski definition) is 3. The van der Waals surface area contributed by atoms with Gasteiger partial charge in [0.05, 0.1) is 19.1 Å². The van der Waals surface area contributed by atoms with Crippen molar-refractivity contribution in [1.29, 1.82) is 0 Å². The summed E-state index contributed by atoms with van der Waals surface area (Å²) in [4.78, 5) is 11.2. The maximum Gasteiger partial charge on any atom is 0.308 e. The highest BCUT2D eigenvalue weighted by Crippen LogP contribution is 2.24. The van der Waals surface area contributed by atoms with Crippen molar-refractivity contribution in [3.05, 3.63) is 29.3 Å². The molecule has 2 atom stereocenters. The number of hydrogen-bond acceptors (Lipinski definition) is 5. The average Bonchev–Trinajstić information content (AvgIpc) is 2.28. The van der Waals surface area contributed by atoms with Crippen molar-refractivity contribution in [2.24, 2.45) is 0 Å². The number of carbonyl (C=O) groups excluding carboxylic acids is 1. The molecule has 5 heteroatoms. The molecular weight excluding hydrogens is 234 g/mol. The predicted molar refractivity (Wildman–Crippen MR) is 67.8 cm³/mol. The summed E-state index contributed by atoms with van der Waals surface area (Å²) < 4.78 is 4.72. The molecule has 0 aliphatic rings. The summed E-state index contributed by atoms with van der Waals surface area (Å²) in [6.45, 7) is 3.72. The Hall–Kier alpha value is -1.59. The minimum absolute atomic E-state index is 0.237. The van der Waals surface area contributed by atoms with Gasteiger partial charge in [-0.1, -0.05) is 6.07 Å². The van der Waals surface area contributed by atoms with Crippen molar-refractivity contribution in [1.82, 2.24) is 0 Å². The van der Waals surface area contributed by atoms with Gasteiger partial charge in [-0.25, -0.2) is 0 Å². The largest absolute Gasteiger partial charge is 0.466 e. The van der Waals surface area contributed by atoms with Gasteiger partial charge in [0.1, 0.15) is 6.10 Å². The van der Waals surface area contributed by atoms with Crippen molar-refractivity contribution in [3.63, 3.8) is 0 Å². The topological polar surface area (TPSA) is 92.8 Å². The third-order valence-corrected chi connectivity index (χ3v) is 2.66. The summed E-state index contributed by atoms with van der Waals surface area (Å²) in [6, 6.07) is 4.99. The summed E-state index contributed by atoms with van der Waals surface area (Å²) in [5.41, 5.74) is 7.52. The molecule has 1 aromatic carbocycles. The standard InChI is InChI=1S/C13H19NO4/c1-3-18-12(16)7-11(15)13(17)10-5-4-9(14)6-8(10)2/h4-6,11,13,15,17H,3,7,14H2,1-2H3. The molecular formula is C13H19NO4. The lowest BCUT2D eigenvalue weighted by Gasteiger charge is -2.19. The zero-order valence-corrected chi connectivity index (χ0v) is 10.6. The maximum absolute atomic E-state index is 11.2. The molecule has 18 heavy (non-hydrogen) atoms. The number of benzene rings is 1. The van der Waals surface area contributed by atoms with Crippen LogP contribution >= 0.6 is 0 Å². The summed E-state index contributed by atoms with van der Waals surface area (Å²) >= 11 is 0. The fraction of sp³-hybridized carbons (Fsp3) is 0.462. The Labute approximate surface area is 106 Å². The lowest BCUT2D eigenvalue weighted by Crippen LogP contribution is -2.23. The highest BCUT2D eigenvalue weighted by Gasteiger charge is 2.23. The third kappa shape index (κ3) is 3.72. The van der Waals surface area contributed by atoms with Gasteiger partial charge in [0.2, 0.25) is 0 Å². The number of aliphatic hydroxyl groups is 2. The predicted octanol–water partition coefficient (Wildman–Crippen LogP) is 0.925. The SMILES string of the molecule is CCOC(=O)CC(O)C(O)c1ccc(N)cc1C. The van der Waals surface area contributed by atoms with Crippen molar-refractivity contribution >= 4 is 11.7 Å². The van der Waals surface area contributed by atoms with Gasteiger partial charge in [0.25, 0.3) is 0 Å². The minimum Gasteiger partial charge on any atom is -0.466 e. The van der Waals surface area contributed by atoms with Gasteiger partial charge < -0.3 is 20.7 Å². The van der Waals surface area contributed by atoms with Crippen LogP contribution in [-0.4, -0.2) is 28.9 Å². The Morgan fingerprint density at radius 2 is 2.11 bits per heavy atom. The molecule has 0 saturated heterocycles. The number of nitrogen functional groups attached to an aromatic ring is 1. The molecule has 5 nitrogen and oxygen atoms in total. The van der Waals surface area contributed by atoms with E-state index in [4.69, 9.17) is 10.5 Å². The van der Waals surface area contributed by atoms with Gasteiger partial charge in [-0.3, -0.25) is 4.79 Å². The molecule has 0 aliphatic heterocycles. The molecule has 0 bridgehead atoms. The molecule has 0 saturated carbocycles. The first-order valence-electron chi connectivity index (χ1n) is 5.83. The first kappa shape index (κ1) is 14.5. The second-order valence-corrected chi connectivity index (χ2v) is 4.14. The van der Waals surface area contributed by atoms with Crippen LogP contribution in [0.4, 0.5) is 5.69 Å². The van der Waals surface area contributed by atoms with Crippen LogP contribution in [0.3, 0.4) is 0 Å². The molecule has 1 rings (SSSR count). The third-order valence-electron chi connectivity index (χ3n) is 2.66. The van der Waals surface area contributed by atoms with Gasteiger partial charge in [-0.2, -0.15) is 0 Å². The molecule has 100 valence electrons. The zero-order valence-electron chi connectivity index (χ0n) is 10.6. The van der Waals surface area contributed by atoms with Gasteiger partial charge >= 0.3 is 5.97 Å². The Morgan fingerprint density at radius 3 is 2.67 bits per heavy atom. The van der Waals surface area contributed by atoms with Crippen LogP contribution in [0.1, 0.15) is 30.6 Å². The molecule has 0 amide bonds. The van der Waals surface area contributed by atoms with E-state index in [1.54, 1.807) is 32.0 Å². The van der Waals surface area contributed by atoms with Crippen LogP contribution in [0.2, 0.25) is 0 Å². The van der Waals surface area contributed by atoms with Crippen LogP contribution in [0.5, 0.6) is 0 Å². The highest BCUT2D eigenvalue weighted by atomic mass is 16.5. The number of anilines is 1. The second-order valence-electron chi connectivity index (χ2n) is 4.14. The summed E-state index contributed by atoms with van der Waals surface area (Å²) in [6.07, 6.45) is -2.56. The number of esters is 1. The molecule has 0 aromatic heterocycles. The van der Waals surface area contributed by atoms with Crippen LogP contribution in [0.15, 0.2) is 18.2 Å². The Morgan fingerprint density at radius 1 is 1.44 bits per heavy atom. The van der Waals surface area contributed by atoms with E-state index in [0.717, 1.165) is 5.56 Å². The molecule has 0 radical (unpaired) electrons. The monoisotopic (exact) mass is 253 g/mol. The Balaban J connectivity index is 2.73. The number of aryl methyl sites for hydroxylation is 1. The van der Waals surface area contributed by atoms with E-state index in [0.29, 0.717) is 11.3 Å². The molecule has 0 aliphatic carbocycles. The van der Waals surface area contributed by atoms with Crippen LogP contribution in [-0.2, 0) is 9.53 Å². The van der Waals surface area contributed by atoms with Crippen molar-refractivity contribution in [3.8, 4) is 0 Å². The van der Waals surface area contributed by atoms with Crippen LogP contribution in [0, 0.1) is 6.92 Å². The highest BCUT2D eigenvalue weighted by molar-refractivity contribution is 5.70. The van der Waals surface area contributed by atoms with Crippen LogP contribution < -0.4 is 5.73 Å². The summed E-state index contributed by atoms with van der Waals surface area (Å²) in [5, 5.41) is 19.8. The number of rotatable bonds is 5. The Bertz CT molecular complexity index is 419. The van der Waals surface area contributed by atoms with E-state index in [2.05, 4.69) is 0 Å². The number of ether oxygens (including phenoxy) is 1. The maximum atomic E-state index is 11.2. The molecule has 1 aromatic rings. The van der Waals surface area contributed by atoms with Crippen LogP contribution in [0.25, 0.3) is 0 Å². The van der Waals surface area contributed by atoms with Gasteiger partial charge in [0, 0.05) is 5.69 Å².